The lowest BCUT2D eigenvalue weighted by Crippen LogP contribution is -2.60. The summed E-state index contributed by atoms with van der Waals surface area (Å²) in [6, 6.07) is -0.240. The summed E-state index contributed by atoms with van der Waals surface area (Å²) in [5.74, 6) is -2.31. The Kier molecular flexibility index (Phi) is 9.94. The third kappa shape index (κ3) is 8.29. The number of aliphatic carboxylic acids is 1. The summed E-state index contributed by atoms with van der Waals surface area (Å²) < 4.78 is 14.7. The predicted molar refractivity (Wildman–Crippen MR) is 116 cm³/mol. The maximum absolute atomic E-state index is 11.9. The normalized spacial score (nSPS) is 20.0. The van der Waals surface area contributed by atoms with Gasteiger partial charge < -0.3 is 29.5 Å². The van der Waals surface area contributed by atoms with Gasteiger partial charge in [-0.2, -0.15) is 0 Å². The number of nitrogens with zero attached hydrogens (tertiary/aromatic N) is 1. The van der Waals surface area contributed by atoms with Crippen molar-refractivity contribution in [2.75, 3.05) is 33.4 Å². The summed E-state index contributed by atoms with van der Waals surface area (Å²) >= 11 is 0. The Labute approximate surface area is 189 Å². The summed E-state index contributed by atoms with van der Waals surface area (Å²) in [7, 11) is 1.25. The number of carbonyl (C=O) groups excluding carboxylic acids is 3. The van der Waals surface area contributed by atoms with E-state index in [1.165, 1.54) is 7.11 Å². The van der Waals surface area contributed by atoms with Crippen molar-refractivity contribution in [3.8, 4) is 0 Å². The molecule has 2 rings (SSSR count). The van der Waals surface area contributed by atoms with E-state index in [2.05, 4.69) is 10.1 Å². The second-order valence-corrected chi connectivity index (χ2v) is 9.70. The standard InChI is InChI=1S/C14H24N2O4.C8H14O4/c1-5-19-11(17)10-6-14(7-15-10)8-16(9-14)12(18)20-13(2,3)4;1-5(2)6(8(10)11)4-7(9)12-3/h10,15H,5-9H2,1-4H3;5-6H,4H2,1-3H3,(H,10,11)/t;6-/m.0/s1. The zero-order valence-electron chi connectivity index (χ0n) is 20.2. The van der Waals surface area contributed by atoms with Crippen LogP contribution < -0.4 is 5.32 Å². The number of carboxylic acid groups (broad SMARTS) is 1. The minimum Gasteiger partial charge on any atom is -0.481 e. The molecule has 184 valence electrons. The van der Waals surface area contributed by atoms with Crippen LogP contribution in [0.3, 0.4) is 0 Å². The molecule has 10 heteroatoms. The van der Waals surface area contributed by atoms with Crippen LogP contribution in [-0.2, 0) is 28.6 Å². The molecule has 0 aromatic rings. The molecule has 0 aromatic carbocycles. The number of methoxy groups -OCH3 is 1. The number of likely N-dealkylation sites (tertiary alicyclic amines) is 1. The monoisotopic (exact) mass is 458 g/mol. The molecule has 0 radical (unpaired) electrons. The van der Waals surface area contributed by atoms with E-state index in [9.17, 15) is 19.2 Å². The lowest BCUT2D eigenvalue weighted by atomic mass is 9.78. The van der Waals surface area contributed by atoms with Crippen molar-refractivity contribution in [3.63, 3.8) is 0 Å². The number of hydrogen-bond donors (Lipinski definition) is 2. The van der Waals surface area contributed by atoms with E-state index in [0.717, 1.165) is 13.0 Å². The van der Waals surface area contributed by atoms with Crippen molar-refractivity contribution in [2.45, 2.75) is 66.0 Å². The molecule has 10 nitrogen and oxygen atoms in total. The van der Waals surface area contributed by atoms with Crippen molar-refractivity contribution >= 4 is 24.0 Å². The Morgan fingerprint density at radius 1 is 1.19 bits per heavy atom. The molecule has 32 heavy (non-hydrogen) atoms. The van der Waals surface area contributed by atoms with E-state index in [-0.39, 0.29) is 35.9 Å². The molecule has 1 amide bonds. The van der Waals surface area contributed by atoms with Gasteiger partial charge in [-0.3, -0.25) is 14.4 Å². The average Bonchev–Trinajstić information content (AvgIpc) is 3.09. The van der Waals surface area contributed by atoms with Gasteiger partial charge in [0.1, 0.15) is 11.6 Å². The van der Waals surface area contributed by atoms with E-state index in [0.29, 0.717) is 19.7 Å². The number of nitrogens with one attached hydrogen (secondary N) is 1. The van der Waals surface area contributed by atoms with E-state index in [4.69, 9.17) is 14.6 Å². The molecule has 0 bridgehead atoms. The third-order valence-corrected chi connectivity index (χ3v) is 5.37. The number of amides is 1. The Hall–Kier alpha value is -2.36. The van der Waals surface area contributed by atoms with Crippen LogP contribution >= 0.6 is 0 Å². The van der Waals surface area contributed by atoms with Crippen LogP contribution in [-0.4, -0.2) is 79.0 Å². The Bertz CT molecular complexity index is 680. The third-order valence-electron chi connectivity index (χ3n) is 5.37. The number of carboxylic acids is 1. The molecular formula is C22H38N2O8. The van der Waals surface area contributed by atoms with Gasteiger partial charge in [0.2, 0.25) is 0 Å². The zero-order chi connectivity index (χ0) is 24.7. The first-order valence-electron chi connectivity index (χ1n) is 10.9. The molecule has 2 atom stereocenters. The molecule has 2 fully saturated rings. The van der Waals surface area contributed by atoms with Crippen LogP contribution in [0.1, 0.15) is 54.4 Å². The number of carbonyl (C=O) groups is 4. The highest BCUT2D eigenvalue weighted by Crippen LogP contribution is 2.39. The van der Waals surface area contributed by atoms with Gasteiger partial charge in [0.15, 0.2) is 0 Å². The minimum atomic E-state index is -0.949. The second-order valence-electron chi connectivity index (χ2n) is 9.70. The largest absolute Gasteiger partial charge is 0.481 e. The van der Waals surface area contributed by atoms with Gasteiger partial charge in [-0.15, -0.1) is 0 Å². The molecule has 0 aliphatic carbocycles. The number of ether oxygens (including phenoxy) is 3. The highest BCUT2D eigenvalue weighted by molar-refractivity contribution is 5.79. The number of rotatable bonds is 6. The molecule has 2 N–H and O–H groups in total. The molecular weight excluding hydrogens is 420 g/mol. The van der Waals surface area contributed by atoms with Crippen molar-refractivity contribution in [2.24, 2.45) is 17.3 Å². The summed E-state index contributed by atoms with van der Waals surface area (Å²) in [5, 5.41) is 11.9. The van der Waals surface area contributed by atoms with E-state index in [1.807, 2.05) is 20.8 Å². The van der Waals surface area contributed by atoms with Crippen LogP contribution in [0.5, 0.6) is 0 Å². The van der Waals surface area contributed by atoms with Crippen LogP contribution in [0.2, 0.25) is 0 Å². The summed E-state index contributed by atoms with van der Waals surface area (Å²) in [5.41, 5.74) is -0.463. The predicted octanol–water partition coefficient (Wildman–Crippen LogP) is 2.05. The summed E-state index contributed by atoms with van der Waals surface area (Å²) in [6.07, 6.45) is 0.400. The Morgan fingerprint density at radius 2 is 1.78 bits per heavy atom. The Balaban J connectivity index is 0.000000368. The van der Waals surface area contributed by atoms with Crippen molar-refractivity contribution in [3.05, 3.63) is 0 Å². The van der Waals surface area contributed by atoms with Gasteiger partial charge in [0.25, 0.3) is 0 Å². The quantitative estimate of drug-likeness (QED) is 0.453. The average molecular weight is 459 g/mol. The van der Waals surface area contributed by atoms with Crippen LogP contribution in [0.25, 0.3) is 0 Å². The van der Waals surface area contributed by atoms with Crippen LogP contribution in [0, 0.1) is 17.3 Å². The van der Waals surface area contributed by atoms with Gasteiger partial charge in [0.05, 0.1) is 26.1 Å². The molecule has 0 aromatic heterocycles. The fourth-order valence-corrected chi connectivity index (χ4v) is 3.66. The van der Waals surface area contributed by atoms with E-state index in [1.54, 1.807) is 25.7 Å². The second kappa shape index (κ2) is 11.5. The molecule has 2 aliphatic rings. The van der Waals surface area contributed by atoms with E-state index < -0.39 is 23.5 Å². The number of esters is 2. The fraction of sp³-hybridized carbons (Fsp3) is 0.818. The fourth-order valence-electron chi connectivity index (χ4n) is 3.66. The number of hydrogen-bond acceptors (Lipinski definition) is 8. The lowest BCUT2D eigenvalue weighted by molar-refractivity contribution is -0.151. The lowest BCUT2D eigenvalue weighted by Gasteiger charge is -2.47. The van der Waals surface area contributed by atoms with Gasteiger partial charge >= 0.3 is 24.0 Å². The topological polar surface area (TPSA) is 131 Å². The van der Waals surface area contributed by atoms with Crippen molar-refractivity contribution in [1.82, 2.24) is 10.2 Å². The minimum absolute atomic E-state index is 0.00827. The van der Waals surface area contributed by atoms with Crippen LogP contribution in [0.4, 0.5) is 4.79 Å². The molecule has 2 aliphatic heterocycles. The molecule has 2 saturated heterocycles. The SMILES string of the molecule is CCOC(=O)C1CC2(CN1)CN(C(=O)OC(C)(C)C)C2.COC(=O)C[C@H](C(=O)O)C(C)C. The molecule has 1 unspecified atom stereocenters. The van der Waals surface area contributed by atoms with Gasteiger partial charge in [-0.1, -0.05) is 13.8 Å². The van der Waals surface area contributed by atoms with Crippen LogP contribution in [0.15, 0.2) is 0 Å². The smallest absolute Gasteiger partial charge is 0.410 e. The Morgan fingerprint density at radius 3 is 2.22 bits per heavy atom. The first kappa shape index (κ1) is 27.7. The maximum Gasteiger partial charge on any atom is 0.410 e. The van der Waals surface area contributed by atoms with Crippen molar-refractivity contribution in [1.29, 1.82) is 0 Å². The molecule has 0 saturated carbocycles. The summed E-state index contributed by atoms with van der Waals surface area (Å²) in [4.78, 5) is 46.6. The van der Waals surface area contributed by atoms with Gasteiger partial charge in [-0.25, -0.2) is 4.79 Å². The summed E-state index contributed by atoms with van der Waals surface area (Å²) in [6.45, 7) is 13.3. The molecule has 2 heterocycles. The van der Waals surface area contributed by atoms with Gasteiger partial charge in [-0.05, 0) is 40.0 Å². The first-order valence-corrected chi connectivity index (χ1v) is 10.9. The first-order chi connectivity index (χ1) is 14.7. The zero-order valence-corrected chi connectivity index (χ0v) is 20.2. The molecule has 1 spiro atoms. The highest BCUT2D eigenvalue weighted by Gasteiger charge is 2.52. The van der Waals surface area contributed by atoms with E-state index >= 15 is 0 Å². The van der Waals surface area contributed by atoms with Gasteiger partial charge in [0, 0.05) is 25.0 Å². The van der Waals surface area contributed by atoms with Crippen molar-refractivity contribution < 1.29 is 38.5 Å². The highest BCUT2D eigenvalue weighted by atomic mass is 16.6. The maximum atomic E-state index is 11.9.